The third-order valence-corrected chi connectivity index (χ3v) is 5.91. The van der Waals surface area contributed by atoms with Crippen LogP contribution >= 0.6 is 31.9 Å². The quantitative estimate of drug-likeness (QED) is 0.111. The van der Waals surface area contributed by atoms with Crippen LogP contribution < -0.4 is 10.8 Å². The molecule has 2 atom stereocenters. The zero-order valence-electron chi connectivity index (χ0n) is 19.1. The molecule has 0 unspecified atom stereocenters. The van der Waals surface area contributed by atoms with Crippen molar-refractivity contribution in [3.8, 4) is 5.75 Å². The summed E-state index contributed by atoms with van der Waals surface area (Å²) < 4.78 is 12.6. The van der Waals surface area contributed by atoms with Crippen molar-refractivity contribution in [3.05, 3.63) is 68.6 Å². The van der Waals surface area contributed by atoms with Crippen LogP contribution in [0.5, 0.6) is 5.75 Å². The highest BCUT2D eigenvalue weighted by atomic mass is 79.9. The first-order chi connectivity index (χ1) is 16.7. The number of rotatable bonds is 11. The first-order valence-corrected chi connectivity index (χ1v) is 12.2. The predicted octanol–water partition coefficient (Wildman–Crippen LogP) is 5.66. The highest BCUT2D eigenvalue weighted by Gasteiger charge is 2.31. The minimum Gasteiger partial charge on any atom is -0.506 e. The summed E-state index contributed by atoms with van der Waals surface area (Å²) in [7, 11) is 0. The minimum absolute atomic E-state index is 0.0972. The number of hydroxylamine groups is 1. The molecule has 188 valence electrons. The summed E-state index contributed by atoms with van der Waals surface area (Å²) in [6.07, 6.45) is 0.923. The Kier molecular flexibility index (Phi) is 11.4. The number of hydrogen-bond donors (Lipinski definition) is 4. The molecule has 0 spiro atoms. The Bertz CT molecular complexity index is 1070. The van der Waals surface area contributed by atoms with Crippen molar-refractivity contribution in [2.24, 2.45) is 0 Å². The highest BCUT2D eigenvalue weighted by Crippen LogP contribution is 2.39. The average molecular weight is 614 g/mol. The molecule has 0 heterocycles. The maximum absolute atomic E-state index is 12.8. The molecule has 0 aliphatic heterocycles. The Balaban J connectivity index is 2.31. The summed E-state index contributed by atoms with van der Waals surface area (Å²) in [5.74, 6) is -0.883. The first kappa shape index (κ1) is 28.5. The van der Waals surface area contributed by atoms with Gasteiger partial charge in [-0.2, -0.15) is 0 Å². The third-order valence-electron chi connectivity index (χ3n) is 4.85. The van der Waals surface area contributed by atoms with Gasteiger partial charge < -0.3 is 14.6 Å². The number of ketones is 1. The average Bonchev–Trinajstić information content (AvgIpc) is 2.82. The molecule has 0 aliphatic carbocycles. The Hall–Kier alpha value is -2.73. The summed E-state index contributed by atoms with van der Waals surface area (Å²) in [6, 6.07) is 9.61. The molecule has 0 saturated carbocycles. The molecule has 0 radical (unpaired) electrons. The molecule has 4 N–H and O–H groups in total. The Morgan fingerprint density at radius 1 is 1.14 bits per heavy atom. The molecule has 2 aromatic rings. The van der Waals surface area contributed by atoms with Crippen molar-refractivity contribution in [1.29, 1.82) is 0 Å². The van der Waals surface area contributed by atoms with Crippen molar-refractivity contribution in [1.82, 2.24) is 5.48 Å². The van der Waals surface area contributed by atoms with E-state index in [0.29, 0.717) is 45.2 Å². The van der Waals surface area contributed by atoms with Crippen LogP contribution in [0.4, 0.5) is 10.5 Å². The van der Waals surface area contributed by atoms with Crippen molar-refractivity contribution in [3.63, 3.8) is 0 Å². The van der Waals surface area contributed by atoms with Gasteiger partial charge in [-0.15, -0.1) is 0 Å². The molecule has 11 heteroatoms. The van der Waals surface area contributed by atoms with E-state index < -0.39 is 24.2 Å². The van der Waals surface area contributed by atoms with Crippen molar-refractivity contribution in [2.75, 3.05) is 11.9 Å². The van der Waals surface area contributed by atoms with Crippen LogP contribution in [0.15, 0.2) is 57.5 Å². The van der Waals surface area contributed by atoms with E-state index in [-0.39, 0.29) is 11.5 Å². The fourth-order valence-corrected chi connectivity index (χ4v) is 4.48. The number of Topliss-reactive ketones (excluding diaryl/α,β-unsaturated/α-hetero) is 1. The van der Waals surface area contributed by atoms with Gasteiger partial charge in [-0.3, -0.25) is 20.1 Å². The van der Waals surface area contributed by atoms with Gasteiger partial charge in [0.2, 0.25) is 0 Å². The number of phenols is 1. The van der Waals surface area contributed by atoms with Gasteiger partial charge in [0, 0.05) is 34.0 Å². The number of carbonyl (C=O) groups excluding carboxylic acids is 3. The van der Waals surface area contributed by atoms with Gasteiger partial charge in [-0.25, -0.2) is 10.3 Å². The van der Waals surface area contributed by atoms with E-state index in [9.17, 15) is 19.5 Å². The van der Waals surface area contributed by atoms with Crippen LogP contribution in [-0.2, 0) is 14.3 Å². The molecule has 0 saturated heterocycles. The molecule has 0 aromatic heterocycles. The molecule has 2 rings (SSSR count). The van der Waals surface area contributed by atoms with E-state index in [0.717, 1.165) is 0 Å². The second kappa shape index (κ2) is 14.0. The number of nitrogens with one attached hydrogen (secondary N) is 2. The molecular formula is C24H26Br2N2O7. The normalized spacial score (nSPS) is 12.7. The molecule has 2 aromatic carbocycles. The summed E-state index contributed by atoms with van der Waals surface area (Å²) in [5.41, 5.74) is 2.74. The fourth-order valence-electron chi connectivity index (χ4n) is 3.22. The fraction of sp³-hybridized carbons (Fsp3) is 0.292. The standard InChI is InChI=1S/C24H26Br2N2O7/c1-3-34-20(6-4-5-7-21(30)28-33)23(18-12-16(25)13-19(26)22(18)31)35-24(32)27-17-10-8-15(9-11-17)14(2)29/h5,7-13,20,23,31,33H,3-4,6H2,1-2H3,(H,27,32)(H,28,30)/b7-5+/t20-,23-/m0/s1. The van der Waals surface area contributed by atoms with Gasteiger partial charge in [-0.1, -0.05) is 22.0 Å². The predicted molar refractivity (Wildman–Crippen MR) is 137 cm³/mol. The van der Waals surface area contributed by atoms with E-state index >= 15 is 0 Å². The SMILES string of the molecule is CCO[C@@H](CC/C=C/C(=O)NO)[C@@H](OC(=O)Nc1ccc(C(C)=O)cc1)c1cc(Br)cc(Br)c1O. The number of carbonyl (C=O) groups is 3. The lowest BCUT2D eigenvalue weighted by Crippen LogP contribution is -2.29. The number of amides is 2. The number of allylic oxidation sites excluding steroid dienone is 1. The second-order valence-corrected chi connectivity index (χ2v) is 9.13. The van der Waals surface area contributed by atoms with Gasteiger partial charge >= 0.3 is 6.09 Å². The van der Waals surface area contributed by atoms with Crippen LogP contribution in [0.1, 0.15) is 48.7 Å². The van der Waals surface area contributed by atoms with E-state index in [2.05, 4.69) is 37.2 Å². The number of ether oxygens (including phenoxy) is 2. The van der Waals surface area contributed by atoms with E-state index in [1.807, 2.05) is 0 Å². The van der Waals surface area contributed by atoms with Gasteiger partial charge in [0.25, 0.3) is 5.91 Å². The number of aromatic hydroxyl groups is 1. The lowest BCUT2D eigenvalue weighted by atomic mass is 9.99. The summed E-state index contributed by atoms with van der Waals surface area (Å²) in [5, 5.41) is 21.9. The first-order valence-electron chi connectivity index (χ1n) is 10.6. The molecule has 0 bridgehead atoms. The Morgan fingerprint density at radius 3 is 2.43 bits per heavy atom. The zero-order chi connectivity index (χ0) is 26.0. The lowest BCUT2D eigenvalue weighted by molar-refractivity contribution is -0.124. The van der Waals surface area contributed by atoms with Gasteiger partial charge in [-0.05, 0) is 79.0 Å². The Morgan fingerprint density at radius 2 is 1.83 bits per heavy atom. The molecule has 9 nitrogen and oxygen atoms in total. The van der Waals surface area contributed by atoms with E-state index in [4.69, 9.17) is 14.7 Å². The molecule has 2 amide bonds. The number of hydrogen-bond acceptors (Lipinski definition) is 7. The van der Waals surface area contributed by atoms with Crippen LogP contribution in [0.3, 0.4) is 0 Å². The maximum atomic E-state index is 12.8. The topological polar surface area (TPSA) is 134 Å². The minimum atomic E-state index is -1.01. The summed E-state index contributed by atoms with van der Waals surface area (Å²) in [6.45, 7) is 3.53. The van der Waals surface area contributed by atoms with Crippen molar-refractivity contribution < 1.29 is 34.2 Å². The monoisotopic (exact) mass is 612 g/mol. The van der Waals surface area contributed by atoms with Crippen LogP contribution in [0.25, 0.3) is 0 Å². The lowest BCUT2D eigenvalue weighted by Gasteiger charge is -2.28. The second-order valence-electron chi connectivity index (χ2n) is 7.36. The Labute approximate surface area is 219 Å². The molecular weight excluding hydrogens is 588 g/mol. The van der Waals surface area contributed by atoms with Crippen LogP contribution in [0.2, 0.25) is 0 Å². The van der Waals surface area contributed by atoms with Crippen LogP contribution in [-0.4, -0.2) is 40.8 Å². The van der Waals surface area contributed by atoms with Crippen molar-refractivity contribution in [2.45, 2.75) is 38.9 Å². The van der Waals surface area contributed by atoms with Gasteiger partial charge in [0.05, 0.1) is 10.6 Å². The van der Waals surface area contributed by atoms with Gasteiger partial charge in [0.15, 0.2) is 11.9 Å². The summed E-state index contributed by atoms with van der Waals surface area (Å²) >= 11 is 6.68. The third kappa shape index (κ3) is 8.77. The largest absolute Gasteiger partial charge is 0.506 e. The molecule has 0 aliphatic rings. The highest BCUT2D eigenvalue weighted by molar-refractivity contribution is 9.11. The molecule has 0 fully saturated rings. The summed E-state index contributed by atoms with van der Waals surface area (Å²) in [4.78, 5) is 35.5. The number of phenolic OH excluding ortho intramolecular Hbond substituents is 1. The smallest absolute Gasteiger partial charge is 0.412 e. The molecule has 35 heavy (non-hydrogen) atoms. The van der Waals surface area contributed by atoms with Crippen molar-refractivity contribution >= 4 is 55.3 Å². The zero-order valence-corrected chi connectivity index (χ0v) is 22.3. The maximum Gasteiger partial charge on any atom is 0.412 e. The van der Waals surface area contributed by atoms with Crippen LogP contribution in [0, 0.1) is 0 Å². The van der Waals surface area contributed by atoms with Gasteiger partial charge in [0.1, 0.15) is 5.75 Å². The van der Waals surface area contributed by atoms with E-state index in [1.54, 1.807) is 49.4 Å². The number of benzene rings is 2. The van der Waals surface area contributed by atoms with E-state index in [1.165, 1.54) is 18.5 Å². The number of halogens is 2. The number of anilines is 1.